The quantitative estimate of drug-likeness (QED) is 0.630. The second-order valence-corrected chi connectivity index (χ2v) is 10.5. The van der Waals surface area contributed by atoms with E-state index in [9.17, 15) is 10.1 Å². The summed E-state index contributed by atoms with van der Waals surface area (Å²) in [5.41, 5.74) is 6.52. The predicted octanol–water partition coefficient (Wildman–Crippen LogP) is 4.54. The Balaban J connectivity index is 1.49. The number of anilines is 1. The van der Waals surface area contributed by atoms with Crippen LogP contribution < -0.4 is 4.90 Å². The Morgan fingerprint density at radius 3 is 2.53 bits per heavy atom. The molecule has 0 bridgehead atoms. The summed E-state index contributed by atoms with van der Waals surface area (Å²) in [7, 11) is 0. The molecule has 1 aromatic carbocycles. The van der Waals surface area contributed by atoms with Crippen LogP contribution >= 0.6 is 0 Å². The molecule has 1 saturated heterocycles. The molecule has 6 rings (SSSR count). The Labute approximate surface area is 200 Å². The molecule has 3 aromatic rings. The van der Waals surface area contributed by atoms with E-state index in [-0.39, 0.29) is 11.2 Å². The summed E-state index contributed by atoms with van der Waals surface area (Å²) in [4.78, 5) is 27.2. The van der Waals surface area contributed by atoms with Gasteiger partial charge < -0.3 is 9.88 Å². The number of aromatic nitrogens is 2. The molecule has 0 amide bonds. The number of benzene rings is 1. The van der Waals surface area contributed by atoms with Gasteiger partial charge in [0.05, 0.1) is 16.8 Å². The molecule has 0 atom stereocenters. The van der Waals surface area contributed by atoms with Gasteiger partial charge in [-0.2, -0.15) is 5.26 Å². The van der Waals surface area contributed by atoms with Crippen molar-refractivity contribution in [2.24, 2.45) is 0 Å². The Kier molecular flexibility index (Phi) is 4.82. The van der Waals surface area contributed by atoms with Crippen LogP contribution in [0.15, 0.2) is 24.3 Å². The molecule has 6 nitrogen and oxygen atoms in total. The summed E-state index contributed by atoms with van der Waals surface area (Å²) in [6, 6.07) is 10.8. The maximum Gasteiger partial charge on any atom is 0.197 e. The second-order valence-electron chi connectivity index (χ2n) is 10.5. The van der Waals surface area contributed by atoms with E-state index in [1.165, 1.54) is 24.8 Å². The molecule has 34 heavy (non-hydrogen) atoms. The Hall–Kier alpha value is -3.17. The average Bonchev–Trinajstić information content (AvgIpc) is 3.21. The minimum absolute atomic E-state index is 0.0776. The van der Waals surface area contributed by atoms with Crippen LogP contribution in [-0.4, -0.2) is 52.9 Å². The van der Waals surface area contributed by atoms with Gasteiger partial charge in [0, 0.05) is 48.7 Å². The number of pyridine rings is 1. The number of aryl methyl sites for hydroxylation is 1. The predicted molar refractivity (Wildman–Crippen MR) is 134 cm³/mol. The Morgan fingerprint density at radius 2 is 1.88 bits per heavy atom. The largest absolute Gasteiger partial charge is 0.368 e. The lowest BCUT2D eigenvalue weighted by molar-refractivity contribution is 0.103. The third-order valence-electron chi connectivity index (χ3n) is 8.39. The monoisotopic (exact) mass is 453 g/mol. The summed E-state index contributed by atoms with van der Waals surface area (Å²) in [6.45, 7) is 10.6. The molecule has 1 saturated carbocycles. The van der Waals surface area contributed by atoms with E-state index < -0.39 is 0 Å². The number of hydrogen-bond acceptors (Lipinski definition) is 5. The molecule has 2 aromatic heterocycles. The minimum Gasteiger partial charge on any atom is -0.368 e. The molecule has 174 valence electrons. The fraction of sp³-hybridized carbons (Fsp3) is 0.464. The van der Waals surface area contributed by atoms with Crippen LogP contribution in [0.3, 0.4) is 0 Å². The van der Waals surface area contributed by atoms with Gasteiger partial charge in [-0.1, -0.05) is 39.3 Å². The number of nitrogens with zero attached hydrogens (tertiary/aromatic N) is 4. The van der Waals surface area contributed by atoms with E-state index in [0.717, 1.165) is 66.5 Å². The maximum atomic E-state index is 14.2. The number of fused-ring (bicyclic) bond motifs is 4. The lowest BCUT2D eigenvalue weighted by Crippen LogP contribution is -2.52. The Bertz CT molecular complexity index is 1350. The van der Waals surface area contributed by atoms with Gasteiger partial charge in [0.25, 0.3) is 0 Å². The number of H-pyrrole nitrogens is 1. The van der Waals surface area contributed by atoms with Crippen molar-refractivity contribution >= 4 is 22.5 Å². The first kappa shape index (κ1) is 21.4. The van der Waals surface area contributed by atoms with Crippen LogP contribution in [-0.2, 0) is 11.8 Å². The third kappa shape index (κ3) is 2.96. The molecule has 0 radical (unpaired) electrons. The van der Waals surface area contributed by atoms with Crippen molar-refractivity contribution in [1.82, 2.24) is 14.9 Å². The lowest BCUT2D eigenvalue weighted by Gasteiger charge is -2.45. The van der Waals surface area contributed by atoms with Crippen molar-refractivity contribution in [2.75, 3.05) is 31.1 Å². The highest BCUT2D eigenvalue weighted by Crippen LogP contribution is 2.47. The van der Waals surface area contributed by atoms with Gasteiger partial charge in [0.1, 0.15) is 17.4 Å². The topological polar surface area (TPSA) is 76.0 Å². The minimum atomic E-state index is -0.374. The number of piperazine rings is 1. The van der Waals surface area contributed by atoms with E-state index in [0.29, 0.717) is 16.9 Å². The van der Waals surface area contributed by atoms with E-state index in [2.05, 4.69) is 58.7 Å². The number of nitrogens with one attached hydrogen (secondary N) is 1. The van der Waals surface area contributed by atoms with Crippen LogP contribution in [0.5, 0.6) is 0 Å². The second kappa shape index (κ2) is 7.68. The molecule has 2 fully saturated rings. The molecule has 2 aliphatic carbocycles. The van der Waals surface area contributed by atoms with Gasteiger partial charge in [0.15, 0.2) is 5.78 Å². The van der Waals surface area contributed by atoms with Crippen molar-refractivity contribution in [3.05, 3.63) is 57.9 Å². The van der Waals surface area contributed by atoms with E-state index in [1.807, 2.05) is 6.07 Å². The Morgan fingerprint density at radius 1 is 1.12 bits per heavy atom. The number of carbonyl (C=O) groups is 1. The van der Waals surface area contributed by atoms with E-state index >= 15 is 0 Å². The van der Waals surface area contributed by atoms with Crippen molar-refractivity contribution in [3.8, 4) is 6.07 Å². The van der Waals surface area contributed by atoms with Gasteiger partial charge in [-0.3, -0.25) is 9.69 Å². The number of carbonyl (C=O) groups excluding carboxylic acids is 1. The van der Waals surface area contributed by atoms with Gasteiger partial charge >= 0.3 is 0 Å². The molecular weight excluding hydrogens is 422 g/mol. The fourth-order valence-electron chi connectivity index (χ4n) is 6.19. The number of aromatic amines is 1. The normalized spacial score (nSPS) is 20.1. The highest BCUT2D eigenvalue weighted by molar-refractivity contribution is 6.22. The zero-order valence-electron chi connectivity index (χ0n) is 20.2. The van der Waals surface area contributed by atoms with Crippen molar-refractivity contribution in [2.45, 2.75) is 57.9 Å². The molecule has 0 spiro atoms. The van der Waals surface area contributed by atoms with Crippen LogP contribution in [0.1, 0.15) is 78.5 Å². The molecule has 3 heterocycles. The first-order valence-electron chi connectivity index (χ1n) is 12.6. The van der Waals surface area contributed by atoms with Gasteiger partial charge in [-0.25, -0.2) is 4.98 Å². The summed E-state index contributed by atoms with van der Waals surface area (Å²) in [5.74, 6) is 0.0776. The first-order valence-corrected chi connectivity index (χ1v) is 12.6. The van der Waals surface area contributed by atoms with Crippen molar-refractivity contribution < 1.29 is 4.79 Å². The number of rotatable bonds is 3. The molecule has 1 N–H and O–H groups in total. The first-order chi connectivity index (χ1) is 16.4. The highest BCUT2D eigenvalue weighted by Gasteiger charge is 2.42. The smallest absolute Gasteiger partial charge is 0.197 e. The van der Waals surface area contributed by atoms with Crippen LogP contribution in [0, 0.1) is 11.3 Å². The summed E-state index contributed by atoms with van der Waals surface area (Å²) in [5, 5.41) is 10.1. The van der Waals surface area contributed by atoms with E-state index in [1.54, 1.807) is 6.07 Å². The lowest BCUT2D eigenvalue weighted by atomic mass is 9.70. The zero-order chi connectivity index (χ0) is 23.6. The summed E-state index contributed by atoms with van der Waals surface area (Å²) >= 11 is 0. The third-order valence-corrected chi connectivity index (χ3v) is 8.39. The molecule has 0 unspecified atom stereocenters. The summed E-state index contributed by atoms with van der Waals surface area (Å²) < 4.78 is 0. The zero-order valence-corrected chi connectivity index (χ0v) is 20.2. The molecule has 1 aliphatic heterocycles. The standard InChI is InChI=1S/C28H31N5O/c1-4-17-8-11-21-23(24(17)33-14-12-32(13-15-33)19-6-5-7-19)25(34)22-20-10-9-18(16-29)30-27(20)31-26(22)28(21,2)3/h8-11,19H,4-7,12-15H2,1-3H3,(H,30,31). The number of hydrogen-bond donors (Lipinski definition) is 1. The molecular formula is C28H31N5O. The highest BCUT2D eigenvalue weighted by atomic mass is 16.1. The molecule has 6 heteroatoms. The van der Waals surface area contributed by atoms with Gasteiger partial charge in [-0.15, -0.1) is 0 Å². The van der Waals surface area contributed by atoms with Crippen LogP contribution in [0.25, 0.3) is 11.0 Å². The van der Waals surface area contributed by atoms with Gasteiger partial charge in [0.2, 0.25) is 0 Å². The number of nitriles is 1. The maximum absolute atomic E-state index is 14.2. The van der Waals surface area contributed by atoms with Crippen molar-refractivity contribution in [1.29, 1.82) is 5.26 Å². The van der Waals surface area contributed by atoms with Crippen molar-refractivity contribution in [3.63, 3.8) is 0 Å². The fourth-order valence-corrected chi connectivity index (χ4v) is 6.19. The van der Waals surface area contributed by atoms with Gasteiger partial charge in [-0.05, 0) is 42.5 Å². The van der Waals surface area contributed by atoms with E-state index in [4.69, 9.17) is 0 Å². The average molecular weight is 454 g/mol. The van der Waals surface area contributed by atoms with Crippen LogP contribution in [0.2, 0.25) is 0 Å². The summed E-state index contributed by atoms with van der Waals surface area (Å²) in [6.07, 6.45) is 4.92. The SMILES string of the molecule is CCc1ccc2c(c1N1CCN(C3CCC3)CC1)C(=O)c1c([nH]c3nc(C#N)ccc13)C2(C)C. The molecule has 3 aliphatic rings. The number of ketones is 1. The van der Waals surface area contributed by atoms with Crippen LogP contribution in [0.4, 0.5) is 5.69 Å².